The summed E-state index contributed by atoms with van der Waals surface area (Å²) >= 11 is 3.51. The molecule has 1 aromatic rings. The van der Waals surface area contributed by atoms with Crippen molar-refractivity contribution >= 4 is 27.6 Å². The van der Waals surface area contributed by atoms with Gasteiger partial charge in [0.15, 0.2) is 5.96 Å². The second-order valence-electron chi connectivity index (χ2n) is 7.50. The van der Waals surface area contributed by atoms with E-state index >= 15 is 0 Å². The molecule has 0 spiro atoms. The maximum absolute atomic E-state index is 4.44. The molecule has 4 aliphatic heterocycles. The molecule has 0 aliphatic carbocycles. The lowest BCUT2D eigenvalue weighted by molar-refractivity contribution is 0.0154. The molecule has 5 rings (SSSR count). The first-order chi connectivity index (χ1) is 12.7. The first-order valence-electron chi connectivity index (χ1n) is 9.65. The molecule has 26 heavy (non-hydrogen) atoms. The predicted molar refractivity (Wildman–Crippen MR) is 111 cm³/mol. The van der Waals surface area contributed by atoms with Crippen molar-refractivity contribution in [3.8, 4) is 0 Å². The van der Waals surface area contributed by atoms with Crippen LogP contribution in [0.1, 0.15) is 6.42 Å². The second-order valence-corrected chi connectivity index (χ2v) is 8.41. The van der Waals surface area contributed by atoms with Crippen LogP contribution in [0.25, 0.3) is 0 Å². The van der Waals surface area contributed by atoms with Crippen LogP contribution in [0.3, 0.4) is 0 Å². The number of rotatable bonds is 4. The summed E-state index contributed by atoms with van der Waals surface area (Å²) < 4.78 is 1.13. The van der Waals surface area contributed by atoms with Gasteiger partial charge in [-0.3, -0.25) is 14.8 Å². The average molecular weight is 421 g/mol. The van der Waals surface area contributed by atoms with Crippen LogP contribution in [0.4, 0.5) is 5.69 Å². The monoisotopic (exact) mass is 420 g/mol. The zero-order chi connectivity index (χ0) is 17.9. The van der Waals surface area contributed by atoms with Gasteiger partial charge in [-0.05, 0) is 30.7 Å². The maximum Gasteiger partial charge on any atom is 0.191 e. The number of anilines is 1. The smallest absolute Gasteiger partial charge is 0.191 e. The van der Waals surface area contributed by atoms with E-state index in [4.69, 9.17) is 0 Å². The summed E-state index contributed by atoms with van der Waals surface area (Å²) in [5.41, 5.74) is 1.29. The number of fused-ring (bicyclic) bond motifs is 3. The SMILES string of the molecule is CN=C(NCC1CN2CCN1CC2)NC1CCN(c2ccc(Br)cc2)C1. The number of hydrogen-bond acceptors (Lipinski definition) is 4. The quantitative estimate of drug-likeness (QED) is 0.565. The molecule has 4 heterocycles. The van der Waals surface area contributed by atoms with Crippen LogP contribution in [0.15, 0.2) is 33.7 Å². The van der Waals surface area contributed by atoms with Gasteiger partial charge >= 0.3 is 0 Å². The van der Waals surface area contributed by atoms with Crippen molar-refractivity contribution in [3.05, 3.63) is 28.7 Å². The summed E-state index contributed by atoms with van der Waals surface area (Å²) in [5.74, 6) is 0.935. The minimum atomic E-state index is 0.441. The largest absolute Gasteiger partial charge is 0.369 e. The van der Waals surface area contributed by atoms with E-state index in [2.05, 4.69) is 70.5 Å². The highest BCUT2D eigenvalue weighted by atomic mass is 79.9. The summed E-state index contributed by atoms with van der Waals surface area (Å²) in [6.07, 6.45) is 1.14. The van der Waals surface area contributed by atoms with Crippen LogP contribution in [-0.2, 0) is 0 Å². The lowest BCUT2D eigenvalue weighted by Crippen LogP contribution is -2.64. The van der Waals surface area contributed by atoms with Gasteiger partial charge in [0, 0.05) is 81.6 Å². The molecule has 2 N–H and O–H groups in total. The lowest BCUT2D eigenvalue weighted by Gasteiger charge is -2.47. The maximum atomic E-state index is 4.44. The van der Waals surface area contributed by atoms with Crippen molar-refractivity contribution in [2.75, 3.05) is 64.3 Å². The number of benzene rings is 1. The van der Waals surface area contributed by atoms with E-state index in [1.165, 1.54) is 38.4 Å². The zero-order valence-corrected chi connectivity index (χ0v) is 17.1. The van der Waals surface area contributed by atoms with E-state index in [1.807, 2.05) is 7.05 Å². The fourth-order valence-corrected chi connectivity index (χ4v) is 4.55. The number of nitrogens with one attached hydrogen (secondary N) is 2. The molecule has 2 unspecified atom stereocenters. The highest BCUT2D eigenvalue weighted by molar-refractivity contribution is 9.10. The molecule has 0 aromatic heterocycles. The Labute approximate surface area is 164 Å². The van der Waals surface area contributed by atoms with Gasteiger partial charge in [0.25, 0.3) is 0 Å². The fourth-order valence-electron chi connectivity index (χ4n) is 4.29. The predicted octanol–water partition coefficient (Wildman–Crippen LogP) is 1.19. The molecule has 0 saturated carbocycles. The standard InChI is InChI=1S/C19H29BrN6/c1-21-19(22-12-18-14-24-8-10-25(18)11-9-24)23-16-6-7-26(13-16)17-4-2-15(20)3-5-17/h2-5,16,18H,6-14H2,1H3,(H2,21,22,23). The Bertz CT molecular complexity index is 625. The summed E-state index contributed by atoms with van der Waals surface area (Å²) in [4.78, 5) is 12.1. The van der Waals surface area contributed by atoms with Crippen molar-refractivity contribution in [2.45, 2.75) is 18.5 Å². The normalized spacial score (nSPS) is 31.3. The lowest BCUT2D eigenvalue weighted by atomic mass is 10.1. The third-order valence-corrected chi connectivity index (χ3v) is 6.37. The minimum Gasteiger partial charge on any atom is -0.369 e. The van der Waals surface area contributed by atoms with Crippen molar-refractivity contribution < 1.29 is 0 Å². The van der Waals surface area contributed by atoms with E-state index in [9.17, 15) is 0 Å². The van der Waals surface area contributed by atoms with Gasteiger partial charge in [0.2, 0.25) is 0 Å². The first kappa shape index (κ1) is 18.1. The molecule has 1 aromatic carbocycles. The Morgan fingerprint density at radius 1 is 1.12 bits per heavy atom. The summed E-state index contributed by atoms with van der Waals surface area (Å²) in [7, 11) is 1.87. The van der Waals surface area contributed by atoms with Crippen molar-refractivity contribution in [2.24, 2.45) is 4.99 Å². The Kier molecular flexibility index (Phi) is 5.66. The molecule has 4 fully saturated rings. The first-order valence-corrected chi connectivity index (χ1v) is 10.4. The van der Waals surface area contributed by atoms with Crippen LogP contribution in [0, 0.1) is 0 Å². The molecular formula is C19H29BrN6. The Balaban J connectivity index is 1.26. The highest BCUT2D eigenvalue weighted by Gasteiger charge is 2.32. The molecule has 0 amide bonds. The minimum absolute atomic E-state index is 0.441. The molecule has 7 heteroatoms. The summed E-state index contributed by atoms with van der Waals surface area (Å²) in [5, 5.41) is 7.18. The van der Waals surface area contributed by atoms with Crippen molar-refractivity contribution in [1.29, 1.82) is 0 Å². The number of piperazine rings is 3. The number of nitrogens with zero attached hydrogens (tertiary/aromatic N) is 4. The third kappa shape index (κ3) is 4.15. The number of hydrogen-bond donors (Lipinski definition) is 2. The molecule has 2 atom stereocenters. The molecule has 0 radical (unpaired) electrons. The van der Waals surface area contributed by atoms with Crippen LogP contribution in [0.2, 0.25) is 0 Å². The Morgan fingerprint density at radius 2 is 1.88 bits per heavy atom. The van der Waals surface area contributed by atoms with E-state index in [0.29, 0.717) is 12.1 Å². The third-order valence-electron chi connectivity index (χ3n) is 5.84. The zero-order valence-electron chi connectivity index (χ0n) is 15.5. The average Bonchev–Trinajstić information content (AvgIpc) is 3.15. The van der Waals surface area contributed by atoms with Gasteiger partial charge in [-0.2, -0.15) is 0 Å². The van der Waals surface area contributed by atoms with Crippen molar-refractivity contribution in [3.63, 3.8) is 0 Å². The van der Waals surface area contributed by atoms with E-state index in [1.54, 1.807) is 0 Å². The molecular weight excluding hydrogens is 392 g/mol. The van der Waals surface area contributed by atoms with E-state index in [0.717, 1.165) is 36.5 Å². The highest BCUT2D eigenvalue weighted by Crippen LogP contribution is 2.22. The van der Waals surface area contributed by atoms with Gasteiger partial charge < -0.3 is 15.5 Å². The summed E-state index contributed by atoms with van der Waals surface area (Å²) in [6, 6.07) is 9.64. The van der Waals surface area contributed by atoms with Gasteiger partial charge in [0.1, 0.15) is 0 Å². The number of aliphatic imine (C=N–C) groups is 1. The second kappa shape index (κ2) is 8.15. The van der Waals surface area contributed by atoms with Gasteiger partial charge in [0.05, 0.1) is 0 Å². The number of guanidine groups is 1. The van der Waals surface area contributed by atoms with Crippen LogP contribution < -0.4 is 15.5 Å². The van der Waals surface area contributed by atoms with E-state index in [-0.39, 0.29) is 0 Å². The Morgan fingerprint density at radius 3 is 2.54 bits per heavy atom. The molecule has 2 bridgehead atoms. The van der Waals surface area contributed by atoms with Crippen LogP contribution >= 0.6 is 15.9 Å². The Hall–Kier alpha value is -1.31. The van der Waals surface area contributed by atoms with Crippen LogP contribution in [0.5, 0.6) is 0 Å². The molecule has 6 nitrogen and oxygen atoms in total. The van der Waals surface area contributed by atoms with Gasteiger partial charge in [-0.1, -0.05) is 15.9 Å². The fraction of sp³-hybridized carbons (Fsp3) is 0.632. The van der Waals surface area contributed by atoms with Crippen LogP contribution in [-0.4, -0.2) is 87.2 Å². The molecule has 142 valence electrons. The summed E-state index contributed by atoms with van der Waals surface area (Å²) in [6.45, 7) is 9.15. The van der Waals surface area contributed by atoms with E-state index < -0.39 is 0 Å². The molecule has 4 saturated heterocycles. The topological polar surface area (TPSA) is 46.1 Å². The molecule has 4 aliphatic rings. The van der Waals surface area contributed by atoms with Gasteiger partial charge in [-0.15, -0.1) is 0 Å². The number of halogens is 1. The van der Waals surface area contributed by atoms with Gasteiger partial charge in [-0.25, -0.2) is 0 Å². The van der Waals surface area contributed by atoms with Crippen molar-refractivity contribution in [1.82, 2.24) is 20.4 Å².